The van der Waals surface area contributed by atoms with Gasteiger partial charge in [0.25, 0.3) is 0 Å². The van der Waals surface area contributed by atoms with Crippen LogP contribution >= 0.6 is 11.3 Å². The summed E-state index contributed by atoms with van der Waals surface area (Å²) in [5, 5.41) is 1.00. The molecule has 4 heteroatoms. The molecule has 0 saturated heterocycles. The van der Waals surface area contributed by atoms with Gasteiger partial charge in [-0.1, -0.05) is 12.1 Å². The summed E-state index contributed by atoms with van der Waals surface area (Å²) in [5.41, 5.74) is 6.67. The Bertz CT molecular complexity index is 529. The van der Waals surface area contributed by atoms with E-state index in [0.717, 1.165) is 15.4 Å². The Hall–Kier alpha value is -1.26. The molecule has 0 aliphatic heterocycles. The molecule has 0 bridgehead atoms. The maximum atomic E-state index is 13.0. The van der Waals surface area contributed by atoms with Crippen LogP contribution < -0.4 is 5.73 Å². The summed E-state index contributed by atoms with van der Waals surface area (Å²) >= 11 is 1.62. The van der Waals surface area contributed by atoms with Crippen LogP contribution in [0.5, 0.6) is 0 Å². The number of benzene rings is 1. The molecule has 1 aromatic heterocycles. The number of aromatic nitrogens is 1. The zero-order valence-corrected chi connectivity index (χ0v) is 11.6. The zero-order valence-electron chi connectivity index (χ0n) is 10.8. The first-order valence-corrected chi connectivity index (χ1v) is 6.70. The summed E-state index contributed by atoms with van der Waals surface area (Å²) in [6.07, 6.45) is 1.83. The lowest BCUT2D eigenvalue weighted by atomic mass is 9.85. The van der Waals surface area contributed by atoms with Gasteiger partial charge in [-0.05, 0) is 38.5 Å². The summed E-state index contributed by atoms with van der Waals surface area (Å²) < 4.78 is 13.0. The highest BCUT2D eigenvalue weighted by Crippen LogP contribution is 2.35. The van der Waals surface area contributed by atoms with Crippen molar-refractivity contribution >= 4 is 11.3 Å². The highest BCUT2D eigenvalue weighted by atomic mass is 32.1. The molecule has 18 heavy (non-hydrogen) atoms. The highest BCUT2D eigenvalue weighted by molar-refractivity contribution is 7.11. The molecule has 0 aliphatic carbocycles. The summed E-state index contributed by atoms with van der Waals surface area (Å²) in [4.78, 5) is 5.52. The standard InChI is InChI=1S/C14H17FN2S/c1-9(16)12-8-17-13(18-12)14(2,3)10-4-6-11(15)7-5-10/h4-9H,16H2,1-3H3. The van der Waals surface area contributed by atoms with Gasteiger partial charge < -0.3 is 5.73 Å². The second kappa shape index (κ2) is 4.78. The van der Waals surface area contributed by atoms with Gasteiger partial charge in [-0.15, -0.1) is 11.3 Å². The zero-order chi connectivity index (χ0) is 13.3. The normalized spacial score (nSPS) is 13.6. The topological polar surface area (TPSA) is 38.9 Å². The fourth-order valence-electron chi connectivity index (χ4n) is 1.78. The van der Waals surface area contributed by atoms with Crippen molar-refractivity contribution in [3.63, 3.8) is 0 Å². The largest absolute Gasteiger partial charge is 0.323 e. The number of halogens is 1. The Labute approximate surface area is 111 Å². The van der Waals surface area contributed by atoms with Gasteiger partial charge in [-0.3, -0.25) is 0 Å². The molecular weight excluding hydrogens is 247 g/mol. The number of thiazole rings is 1. The minimum absolute atomic E-state index is 0.000248. The molecule has 2 rings (SSSR count). The van der Waals surface area contributed by atoms with Gasteiger partial charge in [-0.2, -0.15) is 0 Å². The quantitative estimate of drug-likeness (QED) is 0.919. The van der Waals surface area contributed by atoms with Crippen LogP contribution in [0.3, 0.4) is 0 Å². The third kappa shape index (κ3) is 2.44. The Morgan fingerprint density at radius 3 is 2.39 bits per heavy atom. The molecule has 2 aromatic rings. The first-order chi connectivity index (χ1) is 8.41. The van der Waals surface area contributed by atoms with Gasteiger partial charge >= 0.3 is 0 Å². The molecule has 1 atom stereocenters. The Balaban J connectivity index is 2.37. The van der Waals surface area contributed by atoms with E-state index in [2.05, 4.69) is 18.8 Å². The summed E-state index contributed by atoms with van der Waals surface area (Å²) in [6.45, 7) is 6.12. The van der Waals surface area contributed by atoms with Gasteiger partial charge in [-0.25, -0.2) is 9.37 Å². The van der Waals surface area contributed by atoms with Crippen LogP contribution in [0.2, 0.25) is 0 Å². The number of hydrogen-bond acceptors (Lipinski definition) is 3. The highest BCUT2D eigenvalue weighted by Gasteiger charge is 2.27. The number of nitrogens with zero attached hydrogens (tertiary/aromatic N) is 1. The van der Waals surface area contributed by atoms with Crippen molar-refractivity contribution in [2.75, 3.05) is 0 Å². The van der Waals surface area contributed by atoms with Gasteiger partial charge in [0.05, 0.1) is 0 Å². The van der Waals surface area contributed by atoms with Crippen molar-refractivity contribution in [3.8, 4) is 0 Å². The van der Waals surface area contributed by atoms with Crippen LogP contribution in [-0.4, -0.2) is 4.98 Å². The maximum absolute atomic E-state index is 13.0. The second-order valence-corrected chi connectivity index (χ2v) is 6.05. The molecule has 1 unspecified atom stereocenters. The molecule has 1 aromatic carbocycles. The van der Waals surface area contributed by atoms with Crippen LogP contribution in [0.4, 0.5) is 4.39 Å². The van der Waals surface area contributed by atoms with Gasteiger partial charge in [0.15, 0.2) is 0 Å². The van der Waals surface area contributed by atoms with Crippen LogP contribution in [-0.2, 0) is 5.41 Å². The van der Waals surface area contributed by atoms with E-state index in [-0.39, 0.29) is 17.3 Å². The molecule has 0 aliphatic rings. The third-order valence-electron chi connectivity index (χ3n) is 3.07. The molecule has 1 heterocycles. The van der Waals surface area contributed by atoms with Crippen molar-refractivity contribution in [1.82, 2.24) is 4.98 Å². The van der Waals surface area contributed by atoms with E-state index in [0.29, 0.717) is 0 Å². The Morgan fingerprint density at radius 2 is 1.89 bits per heavy atom. The first-order valence-electron chi connectivity index (χ1n) is 5.89. The molecule has 0 spiro atoms. The lowest BCUT2D eigenvalue weighted by molar-refractivity contribution is 0.612. The van der Waals surface area contributed by atoms with E-state index in [1.165, 1.54) is 12.1 Å². The smallest absolute Gasteiger partial charge is 0.123 e. The third-order valence-corrected chi connectivity index (χ3v) is 4.59. The van der Waals surface area contributed by atoms with E-state index in [4.69, 9.17) is 5.73 Å². The van der Waals surface area contributed by atoms with E-state index in [9.17, 15) is 4.39 Å². The summed E-state index contributed by atoms with van der Waals surface area (Å²) in [6, 6.07) is 6.58. The molecule has 96 valence electrons. The molecule has 0 amide bonds. The number of hydrogen-bond donors (Lipinski definition) is 1. The SMILES string of the molecule is CC(N)c1cnc(C(C)(C)c2ccc(F)cc2)s1. The Morgan fingerprint density at radius 1 is 1.28 bits per heavy atom. The number of rotatable bonds is 3. The fraction of sp³-hybridized carbons (Fsp3) is 0.357. The lowest BCUT2D eigenvalue weighted by Crippen LogP contribution is -2.18. The molecule has 0 saturated carbocycles. The van der Waals surface area contributed by atoms with Crippen LogP contribution in [0.15, 0.2) is 30.5 Å². The van der Waals surface area contributed by atoms with Crippen molar-refractivity contribution in [1.29, 1.82) is 0 Å². The van der Waals surface area contributed by atoms with Crippen LogP contribution in [0.1, 0.15) is 42.3 Å². The average Bonchev–Trinajstić information content (AvgIpc) is 2.79. The van der Waals surface area contributed by atoms with Crippen molar-refractivity contribution in [3.05, 3.63) is 51.7 Å². The van der Waals surface area contributed by atoms with E-state index in [1.807, 2.05) is 25.3 Å². The molecule has 2 N–H and O–H groups in total. The molecule has 0 fully saturated rings. The average molecular weight is 264 g/mol. The van der Waals surface area contributed by atoms with Crippen LogP contribution in [0.25, 0.3) is 0 Å². The minimum Gasteiger partial charge on any atom is -0.323 e. The van der Waals surface area contributed by atoms with Gasteiger partial charge in [0.2, 0.25) is 0 Å². The van der Waals surface area contributed by atoms with Crippen molar-refractivity contribution in [2.45, 2.75) is 32.2 Å². The lowest BCUT2D eigenvalue weighted by Gasteiger charge is -2.22. The minimum atomic E-state index is -0.231. The van der Waals surface area contributed by atoms with E-state index < -0.39 is 0 Å². The molecule has 0 radical (unpaired) electrons. The van der Waals surface area contributed by atoms with Crippen molar-refractivity contribution < 1.29 is 4.39 Å². The predicted octanol–water partition coefficient (Wildman–Crippen LogP) is 3.63. The molecule has 2 nitrogen and oxygen atoms in total. The second-order valence-electron chi connectivity index (χ2n) is 4.99. The fourth-order valence-corrected chi connectivity index (χ4v) is 2.77. The molecular formula is C14H17FN2S. The van der Waals surface area contributed by atoms with Crippen molar-refractivity contribution in [2.24, 2.45) is 5.73 Å². The number of nitrogens with two attached hydrogens (primary N) is 1. The monoisotopic (exact) mass is 264 g/mol. The van der Waals surface area contributed by atoms with Gasteiger partial charge in [0, 0.05) is 22.5 Å². The summed E-state index contributed by atoms with van der Waals surface area (Å²) in [5.74, 6) is -0.218. The maximum Gasteiger partial charge on any atom is 0.123 e. The first kappa shape index (κ1) is 13.2. The predicted molar refractivity (Wildman–Crippen MR) is 73.2 cm³/mol. The Kier molecular flexibility index (Phi) is 3.50. The van der Waals surface area contributed by atoms with E-state index >= 15 is 0 Å². The van der Waals surface area contributed by atoms with Crippen LogP contribution in [0, 0.1) is 5.82 Å². The summed E-state index contributed by atoms with van der Waals surface area (Å²) in [7, 11) is 0. The van der Waals surface area contributed by atoms with E-state index in [1.54, 1.807) is 11.3 Å². The van der Waals surface area contributed by atoms with Gasteiger partial charge in [0.1, 0.15) is 10.8 Å².